The van der Waals surface area contributed by atoms with Gasteiger partial charge in [0.05, 0.1) is 11.8 Å². The zero-order valence-corrected chi connectivity index (χ0v) is 15.8. The van der Waals surface area contributed by atoms with E-state index < -0.39 is 0 Å². The number of nitrogens with zero attached hydrogens (tertiary/aromatic N) is 1. The number of piperidine rings is 1. The van der Waals surface area contributed by atoms with Gasteiger partial charge >= 0.3 is 0 Å². The minimum absolute atomic E-state index is 0.0263. The van der Waals surface area contributed by atoms with Crippen molar-refractivity contribution < 1.29 is 14.0 Å². The Morgan fingerprint density at radius 3 is 2.42 bits per heavy atom. The van der Waals surface area contributed by atoms with Gasteiger partial charge < -0.3 is 14.6 Å². The second-order valence-corrected chi connectivity index (χ2v) is 7.53. The molecule has 2 heterocycles. The van der Waals surface area contributed by atoms with E-state index in [2.05, 4.69) is 19.2 Å². The summed E-state index contributed by atoms with van der Waals surface area (Å²) in [5, 5.41) is 2.90. The maximum absolute atomic E-state index is 12.9. The zero-order valence-electron chi connectivity index (χ0n) is 15.8. The van der Waals surface area contributed by atoms with Crippen LogP contribution in [0.1, 0.15) is 52.3 Å². The van der Waals surface area contributed by atoms with Gasteiger partial charge in [-0.3, -0.25) is 9.59 Å². The molecule has 0 saturated carbocycles. The van der Waals surface area contributed by atoms with Gasteiger partial charge in [-0.05, 0) is 55.9 Å². The van der Waals surface area contributed by atoms with Gasteiger partial charge in [0.1, 0.15) is 5.76 Å². The van der Waals surface area contributed by atoms with Crippen LogP contribution in [-0.4, -0.2) is 29.8 Å². The number of carbonyl (C=O) groups excluding carboxylic acids is 2. The monoisotopic (exact) mass is 354 g/mol. The van der Waals surface area contributed by atoms with Crippen molar-refractivity contribution in [2.24, 2.45) is 11.8 Å². The number of nitrogens with one attached hydrogen (secondary N) is 1. The topological polar surface area (TPSA) is 62.6 Å². The summed E-state index contributed by atoms with van der Waals surface area (Å²) in [7, 11) is 0. The van der Waals surface area contributed by atoms with E-state index in [0.717, 1.165) is 25.1 Å². The minimum Gasteiger partial charge on any atom is -0.469 e. The summed E-state index contributed by atoms with van der Waals surface area (Å²) in [5.41, 5.74) is 2.67. The van der Waals surface area contributed by atoms with Crippen molar-refractivity contribution in [3.8, 4) is 0 Å². The molecule has 26 heavy (non-hydrogen) atoms. The number of furan rings is 1. The van der Waals surface area contributed by atoms with E-state index in [-0.39, 0.29) is 11.8 Å². The smallest absolute Gasteiger partial charge is 0.259 e. The quantitative estimate of drug-likeness (QED) is 0.895. The molecule has 0 bridgehead atoms. The standard InChI is InChI=1S/C21H26N2O3/c1-13-9-14(2)12-23(11-13)21(25)17-6-5-15(3)19(10-17)22-20(24)18-7-8-26-16(18)4/h5-8,10,13-14H,9,11-12H2,1-4H3,(H,22,24)/t13-,14-/m1/s1. The van der Waals surface area contributed by atoms with Crippen LogP contribution in [0, 0.1) is 25.7 Å². The molecule has 1 aliphatic heterocycles. The Morgan fingerprint density at radius 1 is 1.12 bits per heavy atom. The van der Waals surface area contributed by atoms with Crippen LogP contribution in [0.4, 0.5) is 5.69 Å². The van der Waals surface area contributed by atoms with Crippen LogP contribution in [-0.2, 0) is 0 Å². The number of hydrogen-bond donors (Lipinski definition) is 1. The first-order valence-electron chi connectivity index (χ1n) is 9.10. The summed E-state index contributed by atoms with van der Waals surface area (Å²) in [4.78, 5) is 27.3. The molecule has 0 aliphatic carbocycles. The number of likely N-dealkylation sites (tertiary alicyclic amines) is 1. The van der Waals surface area contributed by atoms with Gasteiger partial charge in [-0.25, -0.2) is 0 Å². The Bertz CT molecular complexity index is 814. The van der Waals surface area contributed by atoms with Gasteiger partial charge in [0.2, 0.25) is 0 Å². The number of benzene rings is 1. The van der Waals surface area contributed by atoms with Gasteiger partial charge in [0.25, 0.3) is 11.8 Å². The molecule has 1 saturated heterocycles. The van der Waals surface area contributed by atoms with Crippen molar-refractivity contribution in [3.05, 3.63) is 53.0 Å². The van der Waals surface area contributed by atoms with Gasteiger partial charge in [-0.2, -0.15) is 0 Å². The number of anilines is 1. The summed E-state index contributed by atoms with van der Waals surface area (Å²) >= 11 is 0. The van der Waals surface area contributed by atoms with Gasteiger partial charge in [-0.15, -0.1) is 0 Å². The summed E-state index contributed by atoms with van der Waals surface area (Å²) in [6.07, 6.45) is 2.65. The molecule has 1 aliphatic rings. The highest BCUT2D eigenvalue weighted by atomic mass is 16.3. The highest BCUT2D eigenvalue weighted by Crippen LogP contribution is 2.25. The maximum atomic E-state index is 12.9. The lowest BCUT2D eigenvalue weighted by Gasteiger charge is -2.35. The van der Waals surface area contributed by atoms with Crippen molar-refractivity contribution in [3.63, 3.8) is 0 Å². The fourth-order valence-electron chi connectivity index (χ4n) is 3.71. The van der Waals surface area contributed by atoms with Crippen LogP contribution >= 0.6 is 0 Å². The fraction of sp³-hybridized carbons (Fsp3) is 0.429. The summed E-state index contributed by atoms with van der Waals surface area (Å²) in [5.74, 6) is 1.39. The van der Waals surface area contributed by atoms with Gasteiger partial charge in [0.15, 0.2) is 0 Å². The van der Waals surface area contributed by atoms with Crippen LogP contribution in [0.2, 0.25) is 0 Å². The number of amides is 2. The molecule has 3 rings (SSSR count). The molecule has 0 spiro atoms. The normalized spacial score (nSPS) is 20.1. The second kappa shape index (κ2) is 7.36. The highest BCUT2D eigenvalue weighted by Gasteiger charge is 2.26. The lowest BCUT2D eigenvalue weighted by Crippen LogP contribution is -2.42. The van der Waals surface area contributed by atoms with Crippen LogP contribution in [0.5, 0.6) is 0 Å². The minimum atomic E-state index is -0.232. The predicted molar refractivity (Wildman–Crippen MR) is 101 cm³/mol. The third-order valence-corrected chi connectivity index (χ3v) is 4.99. The lowest BCUT2D eigenvalue weighted by atomic mass is 9.91. The maximum Gasteiger partial charge on any atom is 0.259 e. The number of carbonyl (C=O) groups is 2. The summed E-state index contributed by atoms with van der Waals surface area (Å²) in [6.45, 7) is 9.60. The third kappa shape index (κ3) is 3.82. The molecule has 1 aromatic carbocycles. The van der Waals surface area contributed by atoms with E-state index in [1.807, 2.05) is 24.0 Å². The lowest BCUT2D eigenvalue weighted by molar-refractivity contribution is 0.0623. The van der Waals surface area contributed by atoms with Crippen molar-refractivity contribution in [2.45, 2.75) is 34.1 Å². The molecule has 0 radical (unpaired) electrons. The average Bonchev–Trinajstić information content (AvgIpc) is 3.01. The third-order valence-electron chi connectivity index (χ3n) is 4.99. The van der Waals surface area contributed by atoms with Crippen LogP contribution in [0.25, 0.3) is 0 Å². The Kier molecular flexibility index (Phi) is 5.16. The SMILES string of the molecule is Cc1ccc(C(=O)N2C[C@H](C)C[C@@H](C)C2)cc1NC(=O)c1ccoc1C. The Balaban J connectivity index is 1.80. The Labute approximate surface area is 154 Å². The van der Waals surface area contributed by atoms with Crippen molar-refractivity contribution in [1.29, 1.82) is 0 Å². The molecule has 138 valence electrons. The van der Waals surface area contributed by atoms with Crippen molar-refractivity contribution >= 4 is 17.5 Å². The van der Waals surface area contributed by atoms with E-state index in [4.69, 9.17) is 4.42 Å². The van der Waals surface area contributed by atoms with Gasteiger partial charge in [0, 0.05) is 24.3 Å². The average molecular weight is 354 g/mol. The molecular formula is C21H26N2O3. The fourth-order valence-corrected chi connectivity index (χ4v) is 3.71. The van der Waals surface area contributed by atoms with Crippen molar-refractivity contribution in [1.82, 2.24) is 4.90 Å². The number of hydrogen-bond acceptors (Lipinski definition) is 3. The van der Waals surface area contributed by atoms with Gasteiger partial charge in [-0.1, -0.05) is 19.9 Å². The molecule has 2 aromatic rings. The zero-order chi connectivity index (χ0) is 18.8. The molecular weight excluding hydrogens is 328 g/mol. The molecule has 2 amide bonds. The van der Waals surface area contributed by atoms with Crippen LogP contribution < -0.4 is 5.32 Å². The molecule has 1 aromatic heterocycles. The molecule has 0 unspecified atom stereocenters. The Hall–Kier alpha value is -2.56. The summed E-state index contributed by atoms with van der Waals surface area (Å²) < 4.78 is 5.19. The number of rotatable bonds is 3. The van der Waals surface area contributed by atoms with E-state index in [1.165, 1.54) is 6.26 Å². The first kappa shape index (κ1) is 18.2. The first-order chi connectivity index (χ1) is 12.3. The van der Waals surface area contributed by atoms with Crippen LogP contribution in [0.15, 0.2) is 34.9 Å². The molecule has 5 heteroatoms. The summed E-state index contributed by atoms with van der Waals surface area (Å²) in [6, 6.07) is 7.13. The van der Waals surface area contributed by atoms with E-state index >= 15 is 0 Å². The second-order valence-electron chi connectivity index (χ2n) is 7.53. The highest BCUT2D eigenvalue weighted by molar-refractivity contribution is 6.06. The van der Waals surface area contributed by atoms with Crippen LogP contribution in [0.3, 0.4) is 0 Å². The van der Waals surface area contributed by atoms with E-state index in [9.17, 15) is 9.59 Å². The molecule has 1 N–H and O–H groups in total. The number of aryl methyl sites for hydroxylation is 2. The predicted octanol–water partition coefficient (Wildman–Crippen LogP) is 4.27. The molecule has 1 fully saturated rings. The Morgan fingerprint density at radius 2 is 1.81 bits per heavy atom. The van der Waals surface area contributed by atoms with E-state index in [0.29, 0.717) is 34.4 Å². The molecule has 2 atom stereocenters. The van der Waals surface area contributed by atoms with E-state index in [1.54, 1.807) is 19.1 Å². The molecule has 5 nitrogen and oxygen atoms in total. The largest absolute Gasteiger partial charge is 0.469 e. The first-order valence-corrected chi connectivity index (χ1v) is 9.10. The van der Waals surface area contributed by atoms with Crippen molar-refractivity contribution in [2.75, 3.05) is 18.4 Å².